The summed E-state index contributed by atoms with van der Waals surface area (Å²) < 4.78 is 29.7. The van der Waals surface area contributed by atoms with Crippen molar-refractivity contribution in [3.63, 3.8) is 0 Å². The van der Waals surface area contributed by atoms with E-state index >= 15 is 0 Å². The van der Waals surface area contributed by atoms with Crippen molar-refractivity contribution in [3.8, 4) is 0 Å². The molecule has 1 atom stereocenters. The van der Waals surface area contributed by atoms with E-state index in [1.807, 2.05) is 13.8 Å². The summed E-state index contributed by atoms with van der Waals surface area (Å²) >= 11 is 0. The van der Waals surface area contributed by atoms with E-state index in [1.54, 1.807) is 19.9 Å². The summed E-state index contributed by atoms with van der Waals surface area (Å²) in [4.78, 5) is 0. The summed E-state index contributed by atoms with van der Waals surface area (Å²) in [6.07, 6.45) is 0.666. The maximum atomic E-state index is 12.0. The Morgan fingerprint density at radius 1 is 1.38 bits per heavy atom. The molecular formula is C9H19O3P. The Bertz CT molecular complexity index is 226. The van der Waals surface area contributed by atoms with Gasteiger partial charge in [-0.25, -0.2) is 0 Å². The van der Waals surface area contributed by atoms with Crippen molar-refractivity contribution in [2.24, 2.45) is 0 Å². The third kappa shape index (κ3) is 6.03. The van der Waals surface area contributed by atoms with Crippen LogP contribution in [0.3, 0.4) is 0 Å². The molecule has 0 fully saturated rings. The van der Waals surface area contributed by atoms with Crippen molar-refractivity contribution < 1.29 is 15.0 Å². The van der Waals surface area contributed by atoms with Gasteiger partial charge in [-0.1, -0.05) is 11.6 Å². The molecule has 0 heterocycles. The lowest BCUT2D eigenvalue weighted by atomic mass is 10.3. The summed E-state index contributed by atoms with van der Waals surface area (Å²) in [7, 11) is -3.27. The molecule has 13 heavy (non-hydrogen) atoms. The van der Waals surface area contributed by atoms with Crippen LogP contribution in [0.5, 0.6) is 0 Å². The van der Waals surface area contributed by atoms with Crippen LogP contribution in [0.2, 0.25) is 0 Å². The van der Waals surface area contributed by atoms with E-state index in [1.165, 1.54) is 0 Å². The minimum absolute atomic E-state index is 0.295. The first-order chi connectivity index (χ1) is 6.46. The molecule has 0 N–H and O–H groups in total. The second-order valence-electron chi connectivity index (χ2n) is 2.77. The number of hydrogen-bond acceptors (Lipinski definition) is 3. The van der Waals surface area contributed by atoms with E-state index in [0.29, 0.717) is 13.2 Å². The zero-order valence-corrected chi connectivity index (χ0v) is 9.64. The SMILES string of the molecule is [2H]C(C=C(C)C)P(=O)(OCC)OCC. The number of rotatable bonds is 6. The Kier molecular flexibility index (Phi) is 5.37. The molecule has 0 spiro atoms. The van der Waals surface area contributed by atoms with Gasteiger partial charge in [0.2, 0.25) is 0 Å². The second kappa shape index (κ2) is 6.36. The van der Waals surface area contributed by atoms with Crippen molar-refractivity contribution in [2.45, 2.75) is 27.7 Å². The minimum atomic E-state index is -3.27. The predicted molar refractivity (Wildman–Crippen MR) is 55.2 cm³/mol. The van der Waals surface area contributed by atoms with Gasteiger partial charge in [0.25, 0.3) is 0 Å². The molecule has 0 radical (unpaired) electrons. The van der Waals surface area contributed by atoms with Crippen molar-refractivity contribution in [2.75, 3.05) is 19.4 Å². The highest BCUT2D eigenvalue weighted by molar-refractivity contribution is 7.54. The molecule has 0 aliphatic rings. The third-order valence-corrected chi connectivity index (χ3v) is 2.96. The van der Waals surface area contributed by atoms with Crippen LogP contribution in [0.4, 0.5) is 0 Å². The van der Waals surface area contributed by atoms with Gasteiger partial charge < -0.3 is 9.05 Å². The van der Waals surface area contributed by atoms with Crippen LogP contribution >= 0.6 is 7.60 Å². The van der Waals surface area contributed by atoms with E-state index in [2.05, 4.69) is 0 Å². The maximum absolute atomic E-state index is 12.0. The zero-order valence-electron chi connectivity index (χ0n) is 9.74. The Morgan fingerprint density at radius 2 is 1.85 bits per heavy atom. The molecule has 0 aromatic rings. The van der Waals surface area contributed by atoms with E-state index in [9.17, 15) is 4.57 Å². The van der Waals surface area contributed by atoms with Crippen LogP contribution in [-0.4, -0.2) is 19.4 Å². The molecule has 3 nitrogen and oxygen atoms in total. The third-order valence-electron chi connectivity index (χ3n) is 1.21. The largest absolute Gasteiger partial charge is 0.334 e. The fourth-order valence-corrected chi connectivity index (χ4v) is 2.17. The molecule has 0 saturated carbocycles. The van der Waals surface area contributed by atoms with Crippen molar-refractivity contribution in [1.29, 1.82) is 0 Å². The molecule has 0 aromatic carbocycles. The highest BCUT2D eigenvalue weighted by Gasteiger charge is 2.21. The number of hydrogen-bond donors (Lipinski definition) is 0. The van der Waals surface area contributed by atoms with Gasteiger partial charge in [0.15, 0.2) is 0 Å². The molecule has 0 aliphatic carbocycles. The monoisotopic (exact) mass is 207 g/mol. The van der Waals surface area contributed by atoms with Crippen molar-refractivity contribution in [1.82, 2.24) is 0 Å². The first-order valence-electron chi connectivity index (χ1n) is 5.00. The van der Waals surface area contributed by atoms with Crippen LogP contribution in [0.15, 0.2) is 11.6 Å². The molecule has 0 bridgehead atoms. The summed E-state index contributed by atoms with van der Waals surface area (Å²) in [6.45, 7) is 7.77. The van der Waals surface area contributed by atoms with Crippen LogP contribution in [0, 0.1) is 0 Å². The van der Waals surface area contributed by atoms with E-state index < -0.39 is 13.7 Å². The van der Waals surface area contributed by atoms with E-state index in [-0.39, 0.29) is 0 Å². The van der Waals surface area contributed by atoms with Crippen LogP contribution in [0.1, 0.15) is 29.1 Å². The van der Waals surface area contributed by atoms with Gasteiger partial charge in [0.1, 0.15) is 0 Å². The minimum Gasteiger partial charge on any atom is -0.309 e. The lowest BCUT2D eigenvalue weighted by Crippen LogP contribution is -1.98. The zero-order chi connectivity index (χ0) is 11.2. The van der Waals surface area contributed by atoms with Crippen molar-refractivity contribution in [3.05, 3.63) is 11.6 Å². The summed E-state index contributed by atoms with van der Waals surface area (Å²) in [5, 5.41) is 0. The van der Waals surface area contributed by atoms with Crippen molar-refractivity contribution >= 4 is 7.60 Å². The molecule has 0 amide bonds. The maximum Gasteiger partial charge on any atom is 0.334 e. The van der Waals surface area contributed by atoms with Gasteiger partial charge in [0.05, 0.1) is 19.4 Å². The predicted octanol–water partition coefficient (Wildman–Crippen LogP) is 3.22. The molecule has 78 valence electrons. The van der Waals surface area contributed by atoms with Gasteiger partial charge >= 0.3 is 7.60 Å². The Labute approximate surface area is 82.1 Å². The topological polar surface area (TPSA) is 35.5 Å². The van der Waals surface area contributed by atoms with Crippen LogP contribution in [0.25, 0.3) is 0 Å². The highest BCUT2D eigenvalue weighted by atomic mass is 31.2. The standard InChI is InChI=1S/C9H19O3P/c1-5-11-13(10,12-6-2)8-7-9(3)4/h7H,5-6,8H2,1-4H3/i8D. The number of allylic oxidation sites excluding steroid dienone is 2. The average molecular weight is 207 g/mol. The molecule has 4 heteroatoms. The molecule has 0 aromatic heterocycles. The summed E-state index contributed by atoms with van der Waals surface area (Å²) in [5.74, 6) is 0. The van der Waals surface area contributed by atoms with Crippen LogP contribution in [-0.2, 0) is 13.6 Å². The first-order valence-corrected chi connectivity index (χ1v) is 6.03. The Hall–Kier alpha value is -0.110. The summed E-state index contributed by atoms with van der Waals surface area (Å²) in [5.41, 5.74) is 0.935. The van der Waals surface area contributed by atoms with Gasteiger partial charge in [0, 0.05) is 1.37 Å². The van der Waals surface area contributed by atoms with E-state index in [0.717, 1.165) is 5.57 Å². The lowest BCUT2D eigenvalue weighted by molar-refractivity contribution is 0.222. The van der Waals surface area contributed by atoms with Gasteiger partial charge in [-0.2, -0.15) is 0 Å². The molecule has 0 aliphatic heterocycles. The Balaban J connectivity index is 4.63. The smallest absolute Gasteiger partial charge is 0.309 e. The van der Waals surface area contributed by atoms with Gasteiger partial charge in [-0.15, -0.1) is 0 Å². The second-order valence-corrected chi connectivity index (χ2v) is 4.66. The van der Waals surface area contributed by atoms with Gasteiger partial charge in [-0.3, -0.25) is 4.57 Å². The molecular weight excluding hydrogens is 187 g/mol. The fraction of sp³-hybridized carbons (Fsp3) is 0.778. The Morgan fingerprint density at radius 3 is 2.15 bits per heavy atom. The first kappa shape index (κ1) is 11.0. The highest BCUT2D eigenvalue weighted by Crippen LogP contribution is 2.48. The normalized spacial score (nSPS) is 14.9. The average Bonchev–Trinajstić information content (AvgIpc) is 2.03. The van der Waals surface area contributed by atoms with Gasteiger partial charge in [-0.05, 0) is 27.7 Å². The van der Waals surface area contributed by atoms with E-state index in [4.69, 9.17) is 10.4 Å². The molecule has 0 rings (SSSR count). The lowest BCUT2D eigenvalue weighted by Gasteiger charge is -2.15. The van der Waals surface area contributed by atoms with Crippen LogP contribution < -0.4 is 0 Å². The quantitative estimate of drug-likeness (QED) is 0.495. The summed E-state index contributed by atoms with van der Waals surface area (Å²) in [6, 6.07) is 0. The molecule has 0 saturated heterocycles. The fourth-order valence-electron chi connectivity index (χ4n) is 0.724. The molecule has 1 unspecified atom stereocenters.